The monoisotopic (exact) mass is 494 g/mol. The van der Waals surface area contributed by atoms with E-state index in [9.17, 15) is 19.1 Å². The maximum atomic E-state index is 14.3. The Hall–Kier alpha value is -3.46. The van der Waals surface area contributed by atoms with Crippen molar-refractivity contribution in [1.82, 2.24) is 9.80 Å². The number of carbonyl (C=O) groups excluding carboxylic acids is 2. The van der Waals surface area contributed by atoms with Crippen LogP contribution in [0.25, 0.3) is 5.57 Å². The van der Waals surface area contributed by atoms with Gasteiger partial charge in [-0.3, -0.25) is 14.7 Å². The summed E-state index contributed by atoms with van der Waals surface area (Å²) >= 11 is 0. The molecule has 0 aliphatic carbocycles. The Bertz CT molecular complexity index is 1320. The van der Waals surface area contributed by atoms with Crippen LogP contribution >= 0.6 is 0 Å². The van der Waals surface area contributed by atoms with Crippen LogP contribution in [0.2, 0.25) is 0 Å². The summed E-state index contributed by atoms with van der Waals surface area (Å²) in [6.45, 7) is 2.74. The van der Waals surface area contributed by atoms with Crippen LogP contribution in [-0.4, -0.2) is 79.3 Å². The summed E-state index contributed by atoms with van der Waals surface area (Å²) in [7, 11) is 3.19. The topological polar surface area (TPSA) is 85.7 Å². The Kier molecular flexibility index (Phi) is 6.20. The third-order valence-corrected chi connectivity index (χ3v) is 7.96. The molecule has 3 aliphatic heterocycles. The van der Waals surface area contributed by atoms with Crippen LogP contribution in [0.5, 0.6) is 5.75 Å². The third-order valence-electron chi connectivity index (χ3n) is 7.96. The summed E-state index contributed by atoms with van der Waals surface area (Å²) in [5.41, 5.74) is 0.991. The van der Waals surface area contributed by atoms with Gasteiger partial charge in [-0.15, -0.1) is 0 Å². The molecule has 2 aromatic rings. The molecule has 3 aliphatic rings. The largest absolute Gasteiger partial charge is 0.497 e. The maximum Gasteiger partial charge on any atom is 0.324 e. The molecule has 1 N–H and O–H groups in total. The number of hydrogen-bond donors (Lipinski definition) is 1. The second-order valence-electron chi connectivity index (χ2n) is 9.83. The standard InChI is InChI=1S/C27H31FN4O4/c1-17(34)32-16-27(24-19-9-8-18(36-3)14-21(19)29-25(24)23(32)15-33)10-12-31(13-11-27)26(35)30(2)22-7-5-4-6-20(22)28/h4-9,14,23,25,33H,10-13,15-16H2,1-3H3/t23-,25?/m0/s1. The second-order valence-corrected chi connectivity index (χ2v) is 9.83. The first-order chi connectivity index (χ1) is 17.3. The maximum absolute atomic E-state index is 14.3. The fraction of sp³-hybridized carbons (Fsp3) is 0.444. The zero-order valence-electron chi connectivity index (χ0n) is 20.8. The number of fused-ring (bicyclic) bond motifs is 3. The number of methoxy groups -OCH3 is 1. The van der Waals surface area contributed by atoms with E-state index in [1.165, 1.54) is 17.9 Å². The summed E-state index contributed by atoms with van der Waals surface area (Å²) in [5.74, 6) is 0.152. The Balaban J connectivity index is 1.49. The minimum atomic E-state index is -0.445. The molecular formula is C27H31FN4O4. The quantitative estimate of drug-likeness (QED) is 0.702. The summed E-state index contributed by atoms with van der Waals surface area (Å²) in [6, 6.07) is 11.0. The molecule has 2 atom stereocenters. The summed E-state index contributed by atoms with van der Waals surface area (Å²) in [5, 5.41) is 12.1. The molecule has 2 saturated heterocycles. The molecule has 190 valence electrons. The number of rotatable bonds is 3. The van der Waals surface area contributed by atoms with Crippen LogP contribution in [-0.2, 0) is 4.79 Å². The Morgan fingerprint density at radius 3 is 2.58 bits per heavy atom. The molecule has 1 unspecified atom stereocenters. The van der Waals surface area contributed by atoms with Gasteiger partial charge in [-0.1, -0.05) is 12.1 Å². The zero-order valence-corrected chi connectivity index (χ0v) is 20.8. The van der Waals surface area contributed by atoms with E-state index >= 15 is 0 Å². The Morgan fingerprint density at radius 1 is 1.22 bits per heavy atom. The number of amides is 3. The first-order valence-electron chi connectivity index (χ1n) is 12.2. The molecule has 5 rings (SSSR count). The van der Waals surface area contributed by atoms with Crippen LogP contribution in [0.1, 0.15) is 19.8 Å². The number of hydrogen-bond acceptors (Lipinski definition) is 5. The number of likely N-dealkylation sites (tertiary alicyclic amines) is 2. The van der Waals surface area contributed by atoms with E-state index in [1.54, 1.807) is 42.2 Å². The number of benzene rings is 2. The minimum absolute atomic E-state index is 0.103. The number of halogens is 1. The van der Waals surface area contributed by atoms with Crippen molar-refractivity contribution in [2.75, 3.05) is 45.3 Å². The summed E-state index contributed by atoms with van der Waals surface area (Å²) in [4.78, 5) is 35.7. The third kappa shape index (κ3) is 3.82. The molecule has 1 spiro atoms. The van der Waals surface area contributed by atoms with E-state index < -0.39 is 11.9 Å². The number of nitrogens with zero attached hydrogens (tertiary/aromatic N) is 4. The van der Waals surface area contributed by atoms with Crippen LogP contribution < -0.4 is 20.2 Å². The van der Waals surface area contributed by atoms with Gasteiger partial charge in [0, 0.05) is 50.3 Å². The highest BCUT2D eigenvalue weighted by Crippen LogP contribution is 2.48. The molecular weight excluding hydrogens is 463 g/mol. The second kappa shape index (κ2) is 9.20. The minimum Gasteiger partial charge on any atom is -0.497 e. The van der Waals surface area contributed by atoms with Gasteiger partial charge in [0.25, 0.3) is 0 Å². The predicted molar refractivity (Wildman–Crippen MR) is 133 cm³/mol. The zero-order chi connectivity index (χ0) is 25.6. The van der Waals surface area contributed by atoms with Crippen molar-refractivity contribution in [2.24, 2.45) is 10.4 Å². The van der Waals surface area contributed by atoms with Gasteiger partial charge in [0.05, 0.1) is 36.8 Å². The Morgan fingerprint density at radius 2 is 1.94 bits per heavy atom. The fourth-order valence-electron chi connectivity index (χ4n) is 6.06. The van der Waals surface area contributed by atoms with Crippen LogP contribution in [0.3, 0.4) is 0 Å². The van der Waals surface area contributed by atoms with Crippen molar-refractivity contribution in [3.05, 3.63) is 58.9 Å². The number of urea groups is 1. The van der Waals surface area contributed by atoms with Crippen LogP contribution in [0, 0.1) is 11.2 Å². The predicted octanol–water partition coefficient (Wildman–Crippen LogP) is 1.55. The number of para-hydroxylation sites is 1. The normalized spacial score (nSPS) is 22.1. The van der Waals surface area contributed by atoms with Gasteiger partial charge in [0.1, 0.15) is 11.6 Å². The fourth-order valence-corrected chi connectivity index (χ4v) is 6.06. The molecule has 36 heavy (non-hydrogen) atoms. The average Bonchev–Trinajstić information content (AvgIpc) is 3.28. The lowest BCUT2D eigenvalue weighted by Crippen LogP contribution is -2.62. The van der Waals surface area contributed by atoms with Crippen molar-refractivity contribution >= 4 is 23.2 Å². The number of ether oxygens (including phenoxy) is 1. The summed E-state index contributed by atoms with van der Waals surface area (Å²) < 4.78 is 19.7. The van der Waals surface area contributed by atoms with E-state index in [1.807, 2.05) is 18.2 Å². The van der Waals surface area contributed by atoms with Gasteiger partial charge in [-0.25, -0.2) is 9.18 Å². The van der Waals surface area contributed by atoms with Gasteiger partial charge in [0.15, 0.2) is 0 Å². The van der Waals surface area contributed by atoms with Gasteiger partial charge in [-0.2, -0.15) is 0 Å². The van der Waals surface area contributed by atoms with Crippen molar-refractivity contribution in [3.8, 4) is 5.75 Å². The molecule has 9 heteroatoms. The molecule has 3 heterocycles. The molecule has 0 radical (unpaired) electrons. The van der Waals surface area contributed by atoms with Crippen LogP contribution in [0.15, 0.2) is 47.5 Å². The molecule has 2 aromatic carbocycles. The van der Waals surface area contributed by atoms with Gasteiger partial charge in [0.2, 0.25) is 5.91 Å². The number of anilines is 1. The lowest BCUT2D eigenvalue weighted by molar-refractivity contribution is -0.135. The lowest BCUT2D eigenvalue weighted by Gasteiger charge is -2.53. The summed E-state index contributed by atoms with van der Waals surface area (Å²) in [6.07, 6.45) is 1.28. The number of piperidine rings is 2. The van der Waals surface area contributed by atoms with Crippen molar-refractivity contribution in [2.45, 2.75) is 31.8 Å². The van der Waals surface area contributed by atoms with Crippen molar-refractivity contribution in [1.29, 1.82) is 0 Å². The van der Waals surface area contributed by atoms with Crippen molar-refractivity contribution in [3.63, 3.8) is 0 Å². The lowest BCUT2D eigenvalue weighted by atomic mass is 9.65. The van der Waals surface area contributed by atoms with Gasteiger partial charge >= 0.3 is 6.03 Å². The van der Waals surface area contributed by atoms with E-state index in [0.717, 1.165) is 16.1 Å². The smallest absolute Gasteiger partial charge is 0.324 e. The molecule has 8 nitrogen and oxygen atoms in total. The average molecular weight is 495 g/mol. The number of aliphatic hydroxyl groups is 1. The first-order valence-corrected chi connectivity index (χ1v) is 12.2. The van der Waals surface area contributed by atoms with E-state index in [4.69, 9.17) is 9.73 Å². The van der Waals surface area contributed by atoms with E-state index in [-0.39, 0.29) is 35.7 Å². The number of aliphatic hydroxyl groups excluding tert-OH is 1. The Labute approximate surface area is 209 Å². The van der Waals surface area contributed by atoms with E-state index in [2.05, 4.69) is 0 Å². The highest BCUT2D eigenvalue weighted by Gasteiger charge is 2.52. The highest BCUT2D eigenvalue weighted by atomic mass is 19.1. The first kappa shape index (κ1) is 24.2. The van der Waals surface area contributed by atoms with E-state index in [0.29, 0.717) is 38.2 Å². The molecule has 0 bridgehead atoms. The highest BCUT2D eigenvalue weighted by molar-refractivity contribution is 5.91. The molecule has 0 saturated carbocycles. The SMILES string of the molecule is COc1ccc2c(c1)=NC1C=2C2(CCN(C(=O)N(C)c3ccccc3F)CC2)CN(C(C)=O)[C@H]1CO. The van der Waals surface area contributed by atoms with Gasteiger partial charge in [-0.05, 0) is 42.7 Å². The molecule has 3 amide bonds. The van der Waals surface area contributed by atoms with Crippen LogP contribution in [0.4, 0.5) is 14.9 Å². The number of carbonyl (C=O) groups is 2. The van der Waals surface area contributed by atoms with Crippen molar-refractivity contribution < 1.29 is 23.8 Å². The van der Waals surface area contributed by atoms with Gasteiger partial charge < -0.3 is 19.6 Å². The molecule has 0 aromatic heterocycles. The molecule has 2 fully saturated rings.